The van der Waals surface area contributed by atoms with Crippen LogP contribution in [0.15, 0.2) is 28.9 Å². The van der Waals surface area contributed by atoms with Gasteiger partial charge in [-0.05, 0) is 59.2 Å². The molecule has 6 nitrogen and oxygen atoms in total. The molecule has 1 heterocycles. The number of aryl methyl sites for hydroxylation is 1. The Morgan fingerprint density at radius 2 is 1.89 bits per heavy atom. The van der Waals surface area contributed by atoms with Crippen LogP contribution < -0.4 is 11.2 Å². The number of carbonyl (C=O) groups excluding carboxylic acids is 1. The van der Waals surface area contributed by atoms with E-state index in [1.807, 2.05) is 27.7 Å². The van der Waals surface area contributed by atoms with Crippen LogP contribution in [0.2, 0.25) is 0 Å². The van der Waals surface area contributed by atoms with Gasteiger partial charge in [-0.15, -0.1) is 0 Å². The zero-order valence-corrected chi connectivity index (χ0v) is 16.6. The molecule has 0 spiro atoms. The molecule has 146 valence electrons. The third-order valence-corrected chi connectivity index (χ3v) is 4.83. The van der Waals surface area contributed by atoms with Crippen LogP contribution in [0.4, 0.5) is 10.1 Å². The van der Waals surface area contributed by atoms with Gasteiger partial charge in [0.05, 0.1) is 29.1 Å². The number of carbonyl (C=O) groups is 1. The molecule has 2 N–H and O–H groups in total. The number of halogens is 1. The molecule has 0 saturated carbocycles. The Bertz CT molecular complexity index is 774. The van der Waals surface area contributed by atoms with Crippen LogP contribution in [-0.2, 0) is 18.8 Å². The van der Waals surface area contributed by atoms with Crippen LogP contribution in [0.5, 0.6) is 0 Å². The highest BCUT2D eigenvalue weighted by Gasteiger charge is 2.52. The Morgan fingerprint density at radius 3 is 2.41 bits per heavy atom. The van der Waals surface area contributed by atoms with Gasteiger partial charge in [0.15, 0.2) is 0 Å². The first-order valence-electron chi connectivity index (χ1n) is 8.81. The van der Waals surface area contributed by atoms with Gasteiger partial charge in [0, 0.05) is 17.9 Å². The molecule has 1 aliphatic rings. The lowest BCUT2D eigenvalue weighted by Gasteiger charge is -2.32. The van der Waals surface area contributed by atoms with E-state index in [-0.39, 0.29) is 12.2 Å². The van der Waals surface area contributed by atoms with Gasteiger partial charge in [0.2, 0.25) is 0 Å². The second-order valence-electron chi connectivity index (χ2n) is 7.35. The van der Waals surface area contributed by atoms with Crippen molar-refractivity contribution in [3.63, 3.8) is 0 Å². The summed E-state index contributed by atoms with van der Waals surface area (Å²) in [5.41, 5.74) is 5.92. The number of nitrogens with two attached hydrogens (primary N) is 1. The van der Waals surface area contributed by atoms with E-state index >= 15 is 0 Å². The molecule has 1 saturated heterocycles. The van der Waals surface area contributed by atoms with E-state index in [0.29, 0.717) is 16.7 Å². The molecule has 2 rings (SSSR count). The number of ether oxygens (including phenoxy) is 1. The minimum atomic E-state index is -0.788. The van der Waals surface area contributed by atoms with Gasteiger partial charge in [-0.1, -0.05) is 0 Å². The van der Waals surface area contributed by atoms with Gasteiger partial charge in [-0.25, -0.2) is 9.18 Å². The van der Waals surface area contributed by atoms with E-state index in [2.05, 4.69) is 4.99 Å². The van der Waals surface area contributed by atoms with Crippen LogP contribution >= 0.6 is 0 Å². The summed E-state index contributed by atoms with van der Waals surface area (Å²) in [4.78, 5) is 16.2. The van der Waals surface area contributed by atoms with Gasteiger partial charge < -0.3 is 19.8 Å². The van der Waals surface area contributed by atoms with Crippen molar-refractivity contribution in [2.75, 3.05) is 6.61 Å². The Labute approximate surface area is 159 Å². The lowest BCUT2D eigenvalue weighted by molar-refractivity contribution is -0.137. The minimum absolute atomic E-state index is 0.0976. The van der Waals surface area contributed by atoms with Crippen molar-refractivity contribution < 1.29 is 23.2 Å². The van der Waals surface area contributed by atoms with Crippen molar-refractivity contribution in [3.05, 3.63) is 35.3 Å². The zero-order valence-electron chi connectivity index (χ0n) is 16.6. The van der Waals surface area contributed by atoms with Crippen molar-refractivity contribution in [1.82, 2.24) is 0 Å². The first-order valence-corrected chi connectivity index (χ1v) is 8.81. The van der Waals surface area contributed by atoms with Crippen molar-refractivity contribution in [2.45, 2.75) is 52.7 Å². The summed E-state index contributed by atoms with van der Waals surface area (Å²) in [6, 6.07) is 2.69. The molecule has 1 aromatic rings. The summed E-state index contributed by atoms with van der Waals surface area (Å²) in [6.45, 7) is 11.3. The molecule has 8 heteroatoms. The van der Waals surface area contributed by atoms with Crippen molar-refractivity contribution in [3.8, 4) is 0 Å². The highest BCUT2D eigenvalue weighted by Crippen LogP contribution is 2.37. The largest absolute Gasteiger partial charge is 0.497 e. The third-order valence-electron chi connectivity index (χ3n) is 4.83. The van der Waals surface area contributed by atoms with Gasteiger partial charge >= 0.3 is 13.1 Å². The summed E-state index contributed by atoms with van der Waals surface area (Å²) in [6.07, 6.45) is 2.42. The number of aliphatic imine (C=N–C) groups is 1. The Hall–Kier alpha value is -2.19. The van der Waals surface area contributed by atoms with E-state index in [1.165, 1.54) is 18.3 Å². The zero-order chi connectivity index (χ0) is 20.4. The quantitative estimate of drug-likeness (QED) is 0.370. The number of benzene rings is 1. The van der Waals surface area contributed by atoms with Crippen molar-refractivity contribution in [2.24, 2.45) is 10.7 Å². The molecule has 0 bridgehead atoms. The molecule has 27 heavy (non-hydrogen) atoms. The topological polar surface area (TPSA) is 83.1 Å². The average molecular weight is 376 g/mol. The third kappa shape index (κ3) is 4.39. The second kappa shape index (κ2) is 7.82. The molecule has 0 unspecified atom stereocenters. The fraction of sp³-hybridized carbons (Fsp3) is 0.474. The van der Waals surface area contributed by atoms with Crippen molar-refractivity contribution in [1.29, 1.82) is 0 Å². The number of hydrogen-bond donors (Lipinski definition) is 1. The average Bonchev–Trinajstić information content (AvgIpc) is 2.77. The molecule has 0 atom stereocenters. The molecule has 0 aromatic heterocycles. The highest BCUT2D eigenvalue weighted by atomic mass is 19.1. The predicted octanol–water partition coefficient (Wildman–Crippen LogP) is 2.54. The van der Waals surface area contributed by atoms with E-state index < -0.39 is 30.1 Å². The van der Waals surface area contributed by atoms with Crippen LogP contribution in [0.25, 0.3) is 0 Å². The molecule has 1 aliphatic heterocycles. The predicted molar refractivity (Wildman–Crippen MR) is 104 cm³/mol. The van der Waals surface area contributed by atoms with E-state index in [4.69, 9.17) is 19.8 Å². The summed E-state index contributed by atoms with van der Waals surface area (Å²) in [5.74, 6) is -1.00. The van der Waals surface area contributed by atoms with Gasteiger partial charge in [0.25, 0.3) is 0 Å². The normalized spacial score (nSPS) is 18.9. The molecular formula is C19H26BFN2O4. The van der Waals surface area contributed by atoms with Crippen LogP contribution in [-0.4, -0.2) is 37.1 Å². The van der Waals surface area contributed by atoms with Crippen LogP contribution in [0.3, 0.4) is 0 Å². The maximum atomic E-state index is 14.1. The maximum Gasteiger partial charge on any atom is 0.497 e. The number of rotatable bonds is 5. The maximum absolute atomic E-state index is 14.1. The smallest absolute Gasteiger partial charge is 0.462 e. The first kappa shape index (κ1) is 21.1. The van der Waals surface area contributed by atoms with Crippen LogP contribution in [0, 0.1) is 12.7 Å². The fourth-order valence-corrected chi connectivity index (χ4v) is 2.60. The van der Waals surface area contributed by atoms with Gasteiger partial charge in [-0.3, -0.25) is 4.99 Å². The summed E-state index contributed by atoms with van der Waals surface area (Å²) >= 11 is 0. The molecule has 0 aliphatic carbocycles. The number of nitrogens with zero attached hydrogens (tertiary/aromatic N) is 1. The number of hydrogen-bond acceptors (Lipinski definition) is 6. The Morgan fingerprint density at radius 1 is 1.30 bits per heavy atom. The van der Waals surface area contributed by atoms with Crippen molar-refractivity contribution >= 4 is 30.5 Å². The minimum Gasteiger partial charge on any atom is -0.462 e. The summed E-state index contributed by atoms with van der Waals surface area (Å²) in [5, 5.41) is 0. The molecular weight excluding hydrogens is 350 g/mol. The standard InChI is InChI=1S/C19H26BFN2O4/c1-7-25-17(24)13(10-22)11-23-16-12(2)8-14(21)9-15(16)20-26-18(3,4)19(5,6)27-20/h8-11H,7,22H2,1-6H3/b13-10+,23-11?. The molecule has 0 radical (unpaired) electrons. The van der Waals surface area contributed by atoms with E-state index in [1.54, 1.807) is 13.8 Å². The van der Waals surface area contributed by atoms with E-state index in [0.717, 1.165) is 6.20 Å². The molecule has 1 fully saturated rings. The SMILES string of the molecule is CCOC(=O)/C(C=Nc1c(C)cc(F)cc1B1OC(C)(C)C(C)(C)O1)=C/N. The van der Waals surface area contributed by atoms with Gasteiger partial charge in [-0.2, -0.15) is 0 Å². The van der Waals surface area contributed by atoms with Crippen LogP contribution in [0.1, 0.15) is 40.2 Å². The second-order valence-corrected chi connectivity index (χ2v) is 7.35. The molecule has 1 aromatic carbocycles. The Kier molecular flexibility index (Phi) is 6.12. The lowest BCUT2D eigenvalue weighted by Crippen LogP contribution is -2.41. The summed E-state index contributed by atoms with van der Waals surface area (Å²) < 4.78 is 31.1. The molecule has 0 amide bonds. The fourth-order valence-electron chi connectivity index (χ4n) is 2.60. The highest BCUT2D eigenvalue weighted by molar-refractivity contribution is 6.64. The summed E-state index contributed by atoms with van der Waals surface area (Å²) in [7, 11) is -0.788. The van der Waals surface area contributed by atoms with Gasteiger partial charge in [0.1, 0.15) is 5.82 Å². The lowest BCUT2D eigenvalue weighted by atomic mass is 9.77. The first-order chi connectivity index (χ1) is 12.5. The monoisotopic (exact) mass is 376 g/mol. The Balaban J connectivity index is 2.44. The van der Waals surface area contributed by atoms with E-state index in [9.17, 15) is 9.18 Å². The number of esters is 1.